The van der Waals surface area contributed by atoms with E-state index < -0.39 is 0 Å². The number of carbonyl (C=O) groups excluding carboxylic acids is 2. The average Bonchev–Trinajstić information content (AvgIpc) is 2.77. The van der Waals surface area contributed by atoms with Gasteiger partial charge in [-0.3, -0.25) is 14.5 Å². The highest BCUT2D eigenvalue weighted by Crippen LogP contribution is 2.42. The van der Waals surface area contributed by atoms with E-state index in [0.717, 1.165) is 21.7 Å². The van der Waals surface area contributed by atoms with E-state index in [1.807, 2.05) is 54.6 Å². The highest BCUT2D eigenvalue weighted by atomic mass is 35.5. The second kappa shape index (κ2) is 9.60. The molecule has 3 aromatic rings. The van der Waals surface area contributed by atoms with Crippen LogP contribution in [-0.2, 0) is 16.1 Å². The number of hydrogen-bond acceptors (Lipinski definition) is 3. The summed E-state index contributed by atoms with van der Waals surface area (Å²) in [7, 11) is 0. The first kappa shape index (κ1) is 21.5. The molecule has 1 aliphatic heterocycles. The molecule has 0 spiro atoms. The first-order valence-corrected chi connectivity index (χ1v) is 11.1. The second-order valence-corrected chi connectivity index (χ2v) is 8.82. The first-order chi connectivity index (χ1) is 15.0. The Morgan fingerprint density at radius 3 is 2.45 bits per heavy atom. The maximum absolute atomic E-state index is 13.3. The van der Waals surface area contributed by atoms with Gasteiger partial charge < -0.3 is 5.32 Å². The van der Waals surface area contributed by atoms with Gasteiger partial charge in [0.2, 0.25) is 5.91 Å². The normalized spacial score (nSPS) is 14.5. The van der Waals surface area contributed by atoms with E-state index >= 15 is 0 Å². The van der Waals surface area contributed by atoms with Crippen LogP contribution >= 0.6 is 35.0 Å². The molecule has 0 saturated heterocycles. The molecule has 1 aliphatic rings. The molecule has 1 heterocycles. The van der Waals surface area contributed by atoms with Crippen molar-refractivity contribution in [1.29, 1.82) is 0 Å². The van der Waals surface area contributed by atoms with Gasteiger partial charge in [-0.25, -0.2) is 0 Å². The summed E-state index contributed by atoms with van der Waals surface area (Å²) in [5, 5.41) is 4.07. The molecule has 0 atom stereocenters. The zero-order valence-electron chi connectivity index (χ0n) is 16.3. The van der Waals surface area contributed by atoms with Crippen LogP contribution in [0.2, 0.25) is 10.0 Å². The van der Waals surface area contributed by atoms with Gasteiger partial charge in [-0.2, -0.15) is 0 Å². The third kappa shape index (κ3) is 5.13. The van der Waals surface area contributed by atoms with Crippen molar-refractivity contribution < 1.29 is 9.59 Å². The predicted molar refractivity (Wildman–Crippen MR) is 127 cm³/mol. The van der Waals surface area contributed by atoms with Gasteiger partial charge in [0.25, 0.3) is 5.91 Å². The van der Waals surface area contributed by atoms with E-state index in [4.69, 9.17) is 23.2 Å². The zero-order chi connectivity index (χ0) is 21.8. The van der Waals surface area contributed by atoms with Crippen molar-refractivity contribution in [3.05, 3.63) is 98.9 Å². The molecule has 0 radical (unpaired) electrons. The number of amides is 2. The molecule has 0 aromatic heterocycles. The van der Waals surface area contributed by atoms with E-state index in [2.05, 4.69) is 5.32 Å². The molecule has 0 fully saturated rings. The van der Waals surface area contributed by atoms with Crippen molar-refractivity contribution in [2.75, 3.05) is 11.4 Å². The minimum Gasteiger partial charge on any atom is -0.350 e. The van der Waals surface area contributed by atoms with Crippen LogP contribution in [0.3, 0.4) is 0 Å². The molecule has 1 N–H and O–H groups in total. The Bertz CT molecular complexity index is 1160. The van der Waals surface area contributed by atoms with Gasteiger partial charge in [0, 0.05) is 21.5 Å². The fraction of sp³-hybridized carbons (Fsp3) is 0.0833. The molecule has 31 heavy (non-hydrogen) atoms. The molecular weight excluding hydrogens is 451 g/mol. The third-order valence-electron chi connectivity index (χ3n) is 4.73. The Kier molecular flexibility index (Phi) is 6.66. The van der Waals surface area contributed by atoms with Crippen molar-refractivity contribution in [2.45, 2.75) is 11.4 Å². The Balaban J connectivity index is 1.55. The van der Waals surface area contributed by atoms with Crippen molar-refractivity contribution in [2.24, 2.45) is 0 Å². The van der Waals surface area contributed by atoms with Gasteiger partial charge in [-0.05, 0) is 47.5 Å². The average molecular weight is 469 g/mol. The fourth-order valence-electron chi connectivity index (χ4n) is 3.15. The zero-order valence-corrected chi connectivity index (χ0v) is 18.7. The van der Waals surface area contributed by atoms with Crippen LogP contribution in [-0.4, -0.2) is 18.4 Å². The summed E-state index contributed by atoms with van der Waals surface area (Å²) in [5.74, 6) is -0.479. The quantitative estimate of drug-likeness (QED) is 0.482. The summed E-state index contributed by atoms with van der Waals surface area (Å²) >= 11 is 13.5. The summed E-state index contributed by atoms with van der Waals surface area (Å²) in [6, 6.07) is 22.1. The SMILES string of the molecule is O=C(CN1C(=O)/C(=C\c2ccccc2Cl)Sc2ccccc21)NCc1ccc(Cl)cc1. The molecule has 3 aromatic carbocycles. The molecule has 4 rings (SSSR count). The number of fused-ring (bicyclic) bond motifs is 1. The number of halogens is 2. The van der Waals surface area contributed by atoms with Gasteiger partial charge in [0.1, 0.15) is 6.54 Å². The van der Waals surface area contributed by atoms with Gasteiger partial charge in [-0.1, -0.05) is 77.4 Å². The summed E-state index contributed by atoms with van der Waals surface area (Å²) in [6.45, 7) is 0.278. The molecule has 156 valence electrons. The van der Waals surface area contributed by atoms with Crippen LogP contribution in [0.1, 0.15) is 11.1 Å². The number of thioether (sulfide) groups is 1. The third-order valence-corrected chi connectivity index (χ3v) is 6.40. The lowest BCUT2D eigenvalue weighted by atomic mass is 10.2. The first-order valence-electron chi connectivity index (χ1n) is 9.57. The number of rotatable bonds is 5. The number of carbonyl (C=O) groups is 2. The lowest BCUT2D eigenvalue weighted by Crippen LogP contribution is -2.42. The molecule has 2 amide bonds. The van der Waals surface area contributed by atoms with E-state index in [1.165, 1.54) is 16.7 Å². The second-order valence-electron chi connectivity index (χ2n) is 6.89. The van der Waals surface area contributed by atoms with E-state index in [0.29, 0.717) is 21.5 Å². The summed E-state index contributed by atoms with van der Waals surface area (Å²) < 4.78 is 0. The Hall–Kier alpha value is -2.73. The number of nitrogens with zero attached hydrogens (tertiary/aromatic N) is 1. The van der Waals surface area contributed by atoms with Crippen molar-refractivity contribution >= 4 is 58.5 Å². The minimum atomic E-state index is -0.248. The fourth-order valence-corrected chi connectivity index (χ4v) is 4.52. The standard InChI is InChI=1S/C24H18Cl2N2O2S/c25-18-11-9-16(10-12-18)14-27-23(29)15-28-20-7-3-4-8-21(20)31-22(24(28)30)13-17-5-1-2-6-19(17)26/h1-13H,14-15H2,(H,27,29)/b22-13+. The summed E-state index contributed by atoms with van der Waals surface area (Å²) in [4.78, 5) is 28.8. The molecule has 0 aliphatic carbocycles. The molecule has 0 bridgehead atoms. The lowest BCUT2D eigenvalue weighted by Gasteiger charge is -2.29. The monoisotopic (exact) mass is 468 g/mol. The van der Waals surface area contributed by atoms with Crippen molar-refractivity contribution in [1.82, 2.24) is 5.32 Å². The topological polar surface area (TPSA) is 49.4 Å². The molecular formula is C24H18Cl2N2O2S. The maximum atomic E-state index is 13.3. The van der Waals surface area contributed by atoms with Crippen LogP contribution < -0.4 is 10.2 Å². The lowest BCUT2D eigenvalue weighted by molar-refractivity contribution is -0.122. The van der Waals surface area contributed by atoms with Gasteiger partial charge >= 0.3 is 0 Å². The van der Waals surface area contributed by atoms with E-state index in [9.17, 15) is 9.59 Å². The van der Waals surface area contributed by atoms with Gasteiger partial charge in [-0.15, -0.1) is 0 Å². The minimum absolute atomic E-state index is 0.0795. The molecule has 4 nitrogen and oxygen atoms in total. The number of hydrogen-bond donors (Lipinski definition) is 1. The number of para-hydroxylation sites is 1. The Morgan fingerprint density at radius 1 is 0.968 bits per heavy atom. The van der Waals surface area contributed by atoms with E-state index in [1.54, 1.807) is 24.3 Å². The Morgan fingerprint density at radius 2 is 1.68 bits per heavy atom. The highest BCUT2D eigenvalue weighted by molar-refractivity contribution is 8.04. The summed E-state index contributed by atoms with van der Waals surface area (Å²) in [6.07, 6.45) is 1.77. The van der Waals surface area contributed by atoms with Gasteiger partial charge in [0.15, 0.2) is 0 Å². The van der Waals surface area contributed by atoms with Crippen LogP contribution in [0.5, 0.6) is 0 Å². The smallest absolute Gasteiger partial charge is 0.265 e. The Labute approximate surface area is 194 Å². The predicted octanol–water partition coefficient (Wildman–Crippen LogP) is 5.79. The summed E-state index contributed by atoms with van der Waals surface area (Å²) in [5.41, 5.74) is 2.40. The van der Waals surface area contributed by atoms with Crippen LogP contribution in [0.15, 0.2) is 82.6 Å². The van der Waals surface area contributed by atoms with Crippen LogP contribution in [0, 0.1) is 0 Å². The van der Waals surface area contributed by atoms with Gasteiger partial charge in [0.05, 0.1) is 10.6 Å². The van der Waals surface area contributed by atoms with E-state index in [-0.39, 0.29) is 18.4 Å². The van der Waals surface area contributed by atoms with Crippen LogP contribution in [0.25, 0.3) is 6.08 Å². The number of anilines is 1. The molecule has 0 saturated carbocycles. The van der Waals surface area contributed by atoms with Crippen molar-refractivity contribution in [3.63, 3.8) is 0 Å². The maximum Gasteiger partial charge on any atom is 0.265 e. The molecule has 0 unspecified atom stereocenters. The van der Waals surface area contributed by atoms with Crippen molar-refractivity contribution in [3.8, 4) is 0 Å². The van der Waals surface area contributed by atoms with Crippen LogP contribution in [0.4, 0.5) is 5.69 Å². The largest absolute Gasteiger partial charge is 0.350 e. The molecule has 7 heteroatoms. The highest BCUT2D eigenvalue weighted by Gasteiger charge is 2.30. The number of nitrogens with one attached hydrogen (secondary N) is 1. The number of benzene rings is 3.